The van der Waals surface area contributed by atoms with Gasteiger partial charge in [0, 0.05) is 36.8 Å². The zero-order valence-electron chi connectivity index (χ0n) is 16.3. The van der Waals surface area contributed by atoms with E-state index in [1.54, 1.807) is 6.92 Å². The number of anilines is 1. The zero-order chi connectivity index (χ0) is 21.6. The Kier molecular flexibility index (Phi) is 5.03. The highest BCUT2D eigenvalue weighted by atomic mass is 19.1. The molecule has 1 heterocycles. The highest BCUT2D eigenvalue weighted by Gasteiger charge is 2.38. The van der Waals surface area contributed by atoms with Crippen molar-refractivity contribution >= 4 is 22.6 Å². The van der Waals surface area contributed by atoms with Crippen LogP contribution < -0.4 is 16.5 Å². The molecule has 0 aliphatic heterocycles. The fourth-order valence-electron chi connectivity index (χ4n) is 3.94. The van der Waals surface area contributed by atoms with Crippen LogP contribution in [0.25, 0.3) is 10.9 Å². The fraction of sp³-hybridized carbons (Fsp3) is 0.273. The molecule has 4 N–H and O–H groups in total. The first-order chi connectivity index (χ1) is 14.3. The third-order valence-corrected chi connectivity index (χ3v) is 5.65. The number of halogens is 2. The molecule has 0 amide bonds. The van der Waals surface area contributed by atoms with E-state index < -0.39 is 39.7 Å². The Balaban J connectivity index is 1.72. The van der Waals surface area contributed by atoms with Crippen LogP contribution in [0.1, 0.15) is 40.7 Å². The predicted octanol–water partition coefficient (Wildman–Crippen LogP) is 3.23. The summed E-state index contributed by atoms with van der Waals surface area (Å²) in [5.41, 5.74) is 4.46. The van der Waals surface area contributed by atoms with E-state index in [-0.39, 0.29) is 36.1 Å². The minimum Gasteiger partial charge on any atom is -0.477 e. The number of carbonyl (C=O) groups is 1. The molecule has 2 aromatic carbocycles. The molecule has 1 aromatic heterocycles. The molecule has 1 aliphatic rings. The average molecular weight is 413 g/mol. The SMILES string of the molecule is CCn1cc(C(=O)O)c(=O)c2c(N)c(F)c(CN[C@@H]3C[C@H]3c3ccccc3)c(F)c21. The summed E-state index contributed by atoms with van der Waals surface area (Å²) in [6.07, 6.45) is 1.93. The Morgan fingerprint density at radius 2 is 1.97 bits per heavy atom. The quantitative estimate of drug-likeness (QED) is 0.539. The van der Waals surface area contributed by atoms with Crippen LogP contribution >= 0.6 is 0 Å². The lowest BCUT2D eigenvalue weighted by molar-refractivity contribution is 0.0695. The number of pyridine rings is 1. The third-order valence-electron chi connectivity index (χ3n) is 5.65. The first-order valence-electron chi connectivity index (χ1n) is 9.69. The average Bonchev–Trinajstić information content (AvgIpc) is 3.52. The van der Waals surface area contributed by atoms with Crippen LogP contribution in [0.5, 0.6) is 0 Å². The Labute approximate surface area is 170 Å². The number of hydrogen-bond acceptors (Lipinski definition) is 4. The lowest BCUT2D eigenvalue weighted by Crippen LogP contribution is -2.24. The summed E-state index contributed by atoms with van der Waals surface area (Å²) in [5.74, 6) is -3.14. The molecule has 2 atom stereocenters. The highest BCUT2D eigenvalue weighted by Crippen LogP contribution is 2.41. The Morgan fingerprint density at radius 3 is 2.60 bits per heavy atom. The third kappa shape index (κ3) is 3.23. The summed E-state index contributed by atoms with van der Waals surface area (Å²) in [6.45, 7) is 1.76. The van der Waals surface area contributed by atoms with Gasteiger partial charge in [-0.25, -0.2) is 13.6 Å². The molecule has 4 rings (SSSR count). The van der Waals surface area contributed by atoms with E-state index in [2.05, 4.69) is 5.32 Å². The van der Waals surface area contributed by atoms with E-state index in [1.165, 1.54) is 4.57 Å². The molecule has 30 heavy (non-hydrogen) atoms. The second-order valence-corrected chi connectivity index (χ2v) is 7.45. The number of nitrogens with zero attached hydrogens (tertiary/aromatic N) is 1. The monoisotopic (exact) mass is 413 g/mol. The largest absolute Gasteiger partial charge is 0.477 e. The van der Waals surface area contributed by atoms with Crippen LogP contribution in [0.15, 0.2) is 41.3 Å². The first kappa shape index (κ1) is 20.0. The van der Waals surface area contributed by atoms with Crippen LogP contribution in [-0.2, 0) is 13.1 Å². The normalized spacial score (nSPS) is 18.0. The van der Waals surface area contributed by atoms with Gasteiger partial charge in [-0.15, -0.1) is 0 Å². The maximum Gasteiger partial charge on any atom is 0.341 e. The van der Waals surface area contributed by atoms with Crippen molar-refractivity contribution < 1.29 is 18.7 Å². The van der Waals surface area contributed by atoms with E-state index >= 15 is 4.39 Å². The van der Waals surface area contributed by atoms with Crippen molar-refractivity contribution in [2.75, 3.05) is 5.73 Å². The molecule has 3 aromatic rings. The Hall–Kier alpha value is -3.26. The van der Waals surface area contributed by atoms with Gasteiger partial charge >= 0.3 is 5.97 Å². The highest BCUT2D eigenvalue weighted by molar-refractivity contribution is 5.98. The number of hydrogen-bond donors (Lipinski definition) is 3. The molecule has 0 radical (unpaired) electrons. The second kappa shape index (κ2) is 7.53. The van der Waals surface area contributed by atoms with Crippen molar-refractivity contribution in [3.63, 3.8) is 0 Å². The second-order valence-electron chi connectivity index (χ2n) is 7.45. The number of nitrogens with one attached hydrogen (secondary N) is 1. The zero-order valence-corrected chi connectivity index (χ0v) is 16.3. The minimum atomic E-state index is -1.48. The smallest absolute Gasteiger partial charge is 0.341 e. The van der Waals surface area contributed by atoms with Crippen molar-refractivity contribution in [1.29, 1.82) is 0 Å². The van der Waals surface area contributed by atoms with Crippen LogP contribution in [-0.4, -0.2) is 21.7 Å². The molecular formula is C22H21F2N3O3. The summed E-state index contributed by atoms with van der Waals surface area (Å²) in [7, 11) is 0. The van der Waals surface area contributed by atoms with Crippen molar-refractivity contribution in [3.8, 4) is 0 Å². The van der Waals surface area contributed by atoms with E-state index in [9.17, 15) is 19.1 Å². The van der Waals surface area contributed by atoms with Crippen molar-refractivity contribution in [1.82, 2.24) is 9.88 Å². The van der Waals surface area contributed by atoms with Crippen LogP contribution in [0.2, 0.25) is 0 Å². The molecule has 0 unspecified atom stereocenters. The number of benzene rings is 2. The summed E-state index contributed by atoms with van der Waals surface area (Å²) >= 11 is 0. The Morgan fingerprint density at radius 1 is 1.27 bits per heavy atom. The van der Waals surface area contributed by atoms with Crippen molar-refractivity contribution in [2.45, 2.75) is 38.4 Å². The molecule has 1 saturated carbocycles. The predicted molar refractivity (Wildman–Crippen MR) is 110 cm³/mol. The maximum atomic E-state index is 15.3. The summed E-state index contributed by atoms with van der Waals surface area (Å²) < 4.78 is 31.5. The molecule has 6 nitrogen and oxygen atoms in total. The van der Waals surface area contributed by atoms with Crippen molar-refractivity contribution in [2.24, 2.45) is 0 Å². The van der Waals surface area contributed by atoms with Gasteiger partial charge in [0.15, 0.2) is 11.6 Å². The molecule has 0 bridgehead atoms. The maximum absolute atomic E-state index is 15.3. The number of aryl methyl sites for hydroxylation is 1. The Bertz CT molecular complexity index is 1210. The lowest BCUT2D eigenvalue weighted by Gasteiger charge is -2.16. The minimum absolute atomic E-state index is 0.0888. The van der Waals surface area contributed by atoms with E-state index in [0.717, 1.165) is 18.2 Å². The summed E-state index contributed by atoms with van der Waals surface area (Å²) in [6, 6.07) is 9.95. The number of nitrogens with two attached hydrogens (primary N) is 1. The van der Waals surface area contributed by atoms with Gasteiger partial charge in [0.1, 0.15) is 5.56 Å². The van der Waals surface area contributed by atoms with E-state index in [0.29, 0.717) is 0 Å². The number of nitrogen functional groups attached to an aromatic ring is 1. The number of aromatic carboxylic acids is 1. The lowest BCUT2D eigenvalue weighted by atomic mass is 10.0. The van der Waals surface area contributed by atoms with Gasteiger partial charge in [-0.1, -0.05) is 30.3 Å². The standard InChI is InChI=1S/C22H21F2N3O3/c1-2-27-10-14(22(29)30)21(28)16-19(25)17(23)13(18(24)20(16)27)9-26-15-8-12(15)11-6-4-3-5-7-11/h3-7,10,12,15,26H,2,8-9,25H2,1H3,(H,29,30)/t12-,15+/m0/s1. The molecule has 1 aliphatic carbocycles. The molecule has 1 fully saturated rings. The van der Waals surface area contributed by atoms with Gasteiger partial charge in [-0.05, 0) is 18.9 Å². The summed E-state index contributed by atoms with van der Waals surface area (Å²) in [5, 5.41) is 12.0. The fourth-order valence-corrected chi connectivity index (χ4v) is 3.94. The number of carboxylic acid groups (broad SMARTS) is 1. The molecular weight excluding hydrogens is 392 g/mol. The van der Waals surface area contributed by atoms with Crippen LogP contribution in [0.4, 0.5) is 14.5 Å². The van der Waals surface area contributed by atoms with E-state index in [4.69, 9.17) is 5.73 Å². The van der Waals surface area contributed by atoms with Crippen LogP contribution in [0.3, 0.4) is 0 Å². The van der Waals surface area contributed by atoms with Gasteiger partial charge < -0.3 is 20.7 Å². The topological polar surface area (TPSA) is 97.4 Å². The van der Waals surface area contributed by atoms with Crippen molar-refractivity contribution in [3.05, 3.63) is 75.1 Å². The van der Waals surface area contributed by atoms with Gasteiger partial charge in [0.05, 0.1) is 16.6 Å². The number of rotatable bonds is 6. The first-order valence-corrected chi connectivity index (χ1v) is 9.69. The van der Waals surface area contributed by atoms with Gasteiger partial charge in [-0.2, -0.15) is 0 Å². The molecule has 156 valence electrons. The number of carboxylic acids is 1. The summed E-state index contributed by atoms with van der Waals surface area (Å²) in [4.78, 5) is 23.9. The van der Waals surface area contributed by atoms with Crippen LogP contribution in [0, 0.1) is 11.6 Å². The van der Waals surface area contributed by atoms with Gasteiger partial charge in [0.25, 0.3) is 0 Å². The van der Waals surface area contributed by atoms with Gasteiger partial charge in [0.2, 0.25) is 5.43 Å². The molecule has 8 heteroatoms. The van der Waals surface area contributed by atoms with Gasteiger partial charge in [-0.3, -0.25) is 4.79 Å². The van der Waals surface area contributed by atoms with E-state index in [1.807, 2.05) is 30.3 Å². The molecule has 0 saturated heterocycles. The number of fused-ring (bicyclic) bond motifs is 1. The number of aromatic nitrogens is 1. The molecule has 0 spiro atoms.